The molecule has 4 rings (SSSR count). The van der Waals surface area contributed by atoms with Crippen LogP contribution in [0.1, 0.15) is 22.7 Å². The largest absolute Gasteiger partial charge is 0.379 e. The second-order valence-electron chi connectivity index (χ2n) is 7.53. The lowest BCUT2D eigenvalue weighted by Gasteiger charge is -2.36. The van der Waals surface area contributed by atoms with Gasteiger partial charge in [0.2, 0.25) is 11.8 Å². The normalized spacial score (nSPS) is 19.7. The zero-order chi connectivity index (χ0) is 20.1. The summed E-state index contributed by atoms with van der Waals surface area (Å²) in [6, 6.07) is 17.0. The zero-order valence-electron chi connectivity index (χ0n) is 16.5. The molecule has 29 heavy (non-hydrogen) atoms. The highest BCUT2D eigenvalue weighted by Crippen LogP contribution is 2.32. The van der Waals surface area contributed by atoms with Crippen molar-refractivity contribution in [1.82, 2.24) is 15.1 Å². The van der Waals surface area contributed by atoms with E-state index in [4.69, 9.17) is 4.74 Å². The van der Waals surface area contributed by atoms with Crippen LogP contribution in [0.25, 0.3) is 0 Å². The van der Waals surface area contributed by atoms with Crippen LogP contribution in [0.3, 0.4) is 0 Å². The number of nitrogens with zero attached hydrogens (tertiary/aromatic N) is 2. The van der Waals surface area contributed by atoms with Crippen molar-refractivity contribution < 1.29 is 14.3 Å². The van der Waals surface area contributed by atoms with Gasteiger partial charge in [0, 0.05) is 32.7 Å². The Bertz CT molecular complexity index is 849. The molecule has 1 saturated heterocycles. The van der Waals surface area contributed by atoms with Crippen LogP contribution < -0.4 is 5.32 Å². The SMILES string of the molecule is O=C(NCCN1CCOCC1)[C@@H]1c2ccccc2CC(=O)N1Cc1ccccc1. The zero-order valence-corrected chi connectivity index (χ0v) is 16.5. The first-order valence-corrected chi connectivity index (χ1v) is 10.2. The molecular weight excluding hydrogens is 366 g/mol. The van der Waals surface area contributed by atoms with Crippen molar-refractivity contribution in [3.8, 4) is 0 Å². The highest BCUT2D eigenvalue weighted by molar-refractivity contribution is 5.92. The summed E-state index contributed by atoms with van der Waals surface area (Å²) in [7, 11) is 0. The number of nitrogens with one attached hydrogen (secondary N) is 1. The smallest absolute Gasteiger partial charge is 0.247 e. The van der Waals surface area contributed by atoms with Gasteiger partial charge in [-0.25, -0.2) is 0 Å². The van der Waals surface area contributed by atoms with Gasteiger partial charge in [0.1, 0.15) is 6.04 Å². The number of ether oxygens (including phenoxy) is 1. The molecule has 0 aliphatic carbocycles. The van der Waals surface area contributed by atoms with Crippen LogP contribution in [0.5, 0.6) is 0 Å². The Morgan fingerprint density at radius 2 is 1.76 bits per heavy atom. The monoisotopic (exact) mass is 393 g/mol. The molecule has 2 aliphatic rings. The lowest BCUT2D eigenvalue weighted by molar-refractivity contribution is -0.142. The Balaban J connectivity index is 1.50. The first-order valence-electron chi connectivity index (χ1n) is 10.2. The second kappa shape index (κ2) is 9.20. The Morgan fingerprint density at radius 1 is 1.03 bits per heavy atom. The van der Waals surface area contributed by atoms with Crippen LogP contribution in [-0.4, -0.2) is 61.0 Å². The van der Waals surface area contributed by atoms with Gasteiger partial charge in [0.15, 0.2) is 0 Å². The van der Waals surface area contributed by atoms with E-state index in [0.717, 1.165) is 49.5 Å². The van der Waals surface area contributed by atoms with E-state index in [-0.39, 0.29) is 11.8 Å². The molecule has 1 fully saturated rings. The van der Waals surface area contributed by atoms with Gasteiger partial charge in [-0.2, -0.15) is 0 Å². The summed E-state index contributed by atoms with van der Waals surface area (Å²) in [6.07, 6.45) is 0.334. The number of hydrogen-bond acceptors (Lipinski definition) is 4. The number of fused-ring (bicyclic) bond motifs is 1. The summed E-state index contributed by atoms with van der Waals surface area (Å²) < 4.78 is 5.37. The van der Waals surface area contributed by atoms with E-state index in [1.54, 1.807) is 4.90 Å². The molecule has 2 aromatic carbocycles. The first kappa shape index (κ1) is 19.6. The Labute approximate surface area is 171 Å². The van der Waals surface area contributed by atoms with Crippen molar-refractivity contribution in [2.24, 2.45) is 0 Å². The maximum Gasteiger partial charge on any atom is 0.247 e. The topological polar surface area (TPSA) is 61.9 Å². The van der Waals surface area contributed by atoms with Gasteiger partial charge < -0.3 is 15.0 Å². The number of amides is 2. The van der Waals surface area contributed by atoms with E-state index < -0.39 is 6.04 Å². The molecule has 1 atom stereocenters. The minimum absolute atomic E-state index is 0.0131. The number of benzene rings is 2. The van der Waals surface area contributed by atoms with Crippen LogP contribution >= 0.6 is 0 Å². The lowest BCUT2D eigenvalue weighted by atomic mass is 9.91. The fourth-order valence-corrected chi connectivity index (χ4v) is 4.04. The average Bonchev–Trinajstić information content (AvgIpc) is 2.75. The fraction of sp³-hybridized carbons (Fsp3) is 0.391. The quantitative estimate of drug-likeness (QED) is 0.813. The summed E-state index contributed by atoms with van der Waals surface area (Å²) in [5.41, 5.74) is 2.88. The van der Waals surface area contributed by atoms with E-state index >= 15 is 0 Å². The van der Waals surface area contributed by atoms with Gasteiger partial charge in [-0.05, 0) is 16.7 Å². The van der Waals surface area contributed by atoms with Crippen LogP contribution in [-0.2, 0) is 27.3 Å². The molecule has 2 aliphatic heterocycles. The molecule has 0 bridgehead atoms. The standard InChI is InChI=1S/C23H27N3O3/c27-21-16-19-8-4-5-9-20(19)22(26(21)17-18-6-2-1-3-7-18)23(28)24-10-11-25-12-14-29-15-13-25/h1-9,22H,10-17H2,(H,24,28)/t22-/m0/s1. The number of carbonyl (C=O) groups is 2. The molecule has 2 aromatic rings. The van der Waals surface area contributed by atoms with Crippen molar-refractivity contribution in [3.63, 3.8) is 0 Å². The molecule has 6 heteroatoms. The summed E-state index contributed by atoms with van der Waals surface area (Å²) in [6.45, 7) is 5.03. The number of hydrogen-bond donors (Lipinski definition) is 1. The third kappa shape index (κ3) is 4.66. The molecule has 0 unspecified atom stereocenters. The molecule has 6 nitrogen and oxygen atoms in total. The third-order valence-corrected chi connectivity index (χ3v) is 5.60. The van der Waals surface area contributed by atoms with Gasteiger partial charge in [-0.3, -0.25) is 14.5 Å². The van der Waals surface area contributed by atoms with Crippen molar-refractivity contribution in [1.29, 1.82) is 0 Å². The van der Waals surface area contributed by atoms with Crippen LogP contribution in [0, 0.1) is 0 Å². The van der Waals surface area contributed by atoms with E-state index in [1.165, 1.54) is 0 Å². The maximum atomic E-state index is 13.2. The van der Waals surface area contributed by atoms with Gasteiger partial charge in [-0.1, -0.05) is 54.6 Å². The average molecular weight is 393 g/mol. The van der Waals surface area contributed by atoms with Gasteiger partial charge in [0.25, 0.3) is 0 Å². The Morgan fingerprint density at radius 3 is 2.55 bits per heavy atom. The van der Waals surface area contributed by atoms with Crippen molar-refractivity contribution in [2.45, 2.75) is 19.0 Å². The van der Waals surface area contributed by atoms with E-state index in [0.29, 0.717) is 19.5 Å². The van der Waals surface area contributed by atoms with E-state index in [1.807, 2.05) is 54.6 Å². The Kier molecular flexibility index (Phi) is 6.22. The molecule has 0 aromatic heterocycles. The highest BCUT2D eigenvalue weighted by atomic mass is 16.5. The summed E-state index contributed by atoms with van der Waals surface area (Å²) in [4.78, 5) is 30.1. The van der Waals surface area contributed by atoms with E-state index in [9.17, 15) is 9.59 Å². The Hall–Kier alpha value is -2.70. The van der Waals surface area contributed by atoms with Crippen molar-refractivity contribution >= 4 is 11.8 Å². The predicted molar refractivity (Wildman–Crippen MR) is 110 cm³/mol. The number of morpholine rings is 1. The minimum Gasteiger partial charge on any atom is -0.379 e. The van der Waals surface area contributed by atoms with Crippen LogP contribution in [0.2, 0.25) is 0 Å². The van der Waals surface area contributed by atoms with Crippen molar-refractivity contribution in [2.75, 3.05) is 39.4 Å². The maximum absolute atomic E-state index is 13.2. The van der Waals surface area contributed by atoms with Crippen LogP contribution in [0.4, 0.5) is 0 Å². The van der Waals surface area contributed by atoms with Gasteiger partial charge in [-0.15, -0.1) is 0 Å². The molecule has 0 radical (unpaired) electrons. The molecule has 2 heterocycles. The number of rotatable bonds is 6. The fourth-order valence-electron chi connectivity index (χ4n) is 4.04. The van der Waals surface area contributed by atoms with Crippen LogP contribution in [0.15, 0.2) is 54.6 Å². The third-order valence-electron chi connectivity index (χ3n) is 5.60. The predicted octanol–water partition coefficient (Wildman–Crippen LogP) is 1.76. The van der Waals surface area contributed by atoms with Gasteiger partial charge in [0.05, 0.1) is 19.6 Å². The van der Waals surface area contributed by atoms with Crippen molar-refractivity contribution in [3.05, 3.63) is 71.3 Å². The summed E-state index contributed by atoms with van der Waals surface area (Å²) >= 11 is 0. The second-order valence-corrected chi connectivity index (χ2v) is 7.53. The molecule has 152 valence electrons. The molecule has 0 saturated carbocycles. The number of carbonyl (C=O) groups excluding carboxylic acids is 2. The molecule has 1 N–H and O–H groups in total. The van der Waals surface area contributed by atoms with E-state index in [2.05, 4.69) is 10.2 Å². The minimum atomic E-state index is -0.600. The molecule has 0 spiro atoms. The van der Waals surface area contributed by atoms with Gasteiger partial charge >= 0.3 is 0 Å². The highest BCUT2D eigenvalue weighted by Gasteiger charge is 2.36. The summed E-state index contributed by atoms with van der Waals surface area (Å²) in [5, 5.41) is 3.06. The first-order chi connectivity index (χ1) is 14.2. The summed E-state index contributed by atoms with van der Waals surface area (Å²) in [5.74, 6) is -0.129. The lowest BCUT2D eigenvalue weighted by Crippen LogP contribution is -2.48. The molecular formula is C23H27N3O3. The molecule has 2 amide bonds.